The summed E-state index contributed by atoms with van der Waals surface area (Å²) in [5.41, 5.74) is 2.10. The van der Waals surface area contributed by atoms with E-state index < -0.39 is 0 Å². The van der Waals surface area contributed by atoms with Crippen LogP contribution in [0, 0.1) is 12.7 Å². The van der Waals surface area contributed by atoms with Gasteiger partial charge in [0.15, 0.2) is 0 Å². The molecular formula is C11H14FNO. The van der Waals surface area contributed by atoms with Crippen LogP contribution in [0.15, 0.2) is 12.1 Å². The largest absolute Gasteiger partial charge is 0.326 e. The maximum absolute atomic E-state index is 13.3. The van der Waals surface area contributed by atoms with Crippen molar-refractivity contribution < 1.29 is 9.18 Å². The molecule has 0 radical (unpaired) electrons. The zero-order valence-corrected chi connectivity index (χ0v) is 8.65. The number of carbonyl (C=O) groups excluding carboxylic acids is 1. The fourth-order valence-electron chi connectivity index (χ4n) is 1.38. The predicted molar refractivity (Wildman–Crippen MR) is 54.8 cm³/mol. The van der Waals surface area contributed by atoms with Crippen molar-refractivity contribution in [2.24, 2.45) is 0 Å². The number of benzene rings is 1. The Morgan fingerprint density at radius 3 is 2.64 bits per heavy atom. The number of anilines is 1. The van der Waals surface area contributed by atoms with Gasteiger partial charge in [-0.3, -0.25) is 4.79 Å². The maximum atomic E-state index is 13.3. The molecule has 2 nitrogen and oxygen atoms in total. The second kappa shape index (κ2) is 4.22. The van der Waals surface area contributed by atoms with E-state index in [0.717, 1.165) is 12.0 Å². The Morgan fingerprint density at radius 2 is 2.14 bits per heavy atom. The lowest BCUT2D eigenvalue weighted by atomic mass is 10.0. The van der Waals surface area contributed by atoms with Crippen molar-refractivity contribution >= 4 is 11.6 Å². The fraction of sp³-hybridized carbons (Fsp3) is 0.364. The minimum atomic E-state index is -0.270. The van der Waals surface area contributed by atoms with Crippen LogP contribution in [0.2, 0.25) is 0 Å². The zero-order valence-electron chi connectivity index (χ0n) is 8.65. The molecule has 0 fully saturated rings. The molecule has 0 atom stereocenters. The molecular weight excluding hydrogens is 181 g/mol. The van der Waals surface area contributed by atoms with Crippen LogP contribution >= 0.6 is 0 Å². The minimum Gasteiger partial charge on any atom is -0.326 e. The molecule has 0 heterocycles. The second-order valence-corrected chi connectivity index (χ2v) is 3.28. The minimum absolute atomic E-state index is 0.185. The van der Waals surface area contributed by atoms with Crippen molar-refractivity contribution in [3.8, 4) is 0 Å². The molecule has 0 unspecified atom stereocenters. The van der Waals surface area contributed by atoms with Gasteiger partial charge in [-0.2, -0.15) is 0 Å². The third kappa shape index (κ3) is 2.31. The van der Waals surface area contributed by atoms with E-state index in [1.807, 2.05) is 6.92 Å². The highest BCUT2D eigenvalue weighted by molar-refractivity contribution is 5.88. The number of amides is 1. The first kappa shape index (κ1) is 10.7. The average Bonchev–Trinajstić information content (AvgIpc) is 2.10. The van der Waals surface area contributed by atoms with Crippen LogP contribution in [0.1, 0.15) is 25.0 Å². The zero-order chi connectivity index (χ0) is 10.7. The highest BCUT2D eigenvalue weighted by Gasteiger charge is 2.06. The molecule has 1 rings (SSSR count). The summed E-state index contributed by atoms with van der Waals surface area (Å²) in [6.45, 7) is 5.11. The highest BCUT2D eigenvalue weighted by atomic mass is 19.1. The molecule has 1 amide bonds. The van der Waals surface area contributed by atoms with Gasteiger partial charge in [0.2, 0.25) is 5.91 Å². The lowest BCUT2D eigenvalue weighted by Crippen LogP contribution is -2.07. The summed E-state index contributed by atoms with van der Waals surface area (Å²) in [6, 6.07) is 3.15. The number of halogens is 1. The fourth-order valence-corrected chi connectivity index (χ4v) is 1.38. The first-order valence-corrected chi connectivity index (χ1v) is 4.61. The maximum Gasteiger partial charge on any atom is 0.221 e. The number of hydrogen-bond donors (Lipinski definition) is 1. The highest BCUT2D eigenvalue weighted by Crippen LogP contribution is 2.19. The molecule has 1 aromatic rings. The molecule has 0 bridgehead atoms. The first-order valence-electron chi connectivity index (χ1n) is 4.61. The molecule has 3 heteroatoms. The van der Waals surface area contributed by atoms with Gasteiger partial charge in [0.25, 0.3) is 0 Å². The first-order chi connectivity index (χ1) is 6.54. The van der Waals surface area contributed by atoms with E-state index in [9.17, 15) is 9.18 Å². The van der Waals surface area contributed by atoms with Gasteiger partial charge in [0, 0.05) is 12.6 Å². The standard InChI is InChI=1S/C11H14FNO/c1-4-9-5-10(13-8(3)14)6-11(12)7(9)2/h5-6H,4H2,1-3H3,(H,13,14). The van der Waals surface area contributed by atoms with E-state index in [0.29, 0.717) is 11.3 Å². The molecule has 14 heavy (non-hydrogen) atoms. The molecule has 0 saturated carbocycles. The normalized spacial score (nSPS) is 10.0. The SMILES string of the molecule is CCc1cc(NC(C)=O)cc(F)c1C. The third-order valence-corrected chi connectivity index (χ3v) is 2.15. The summed E-state index contributed by atoms with van der Waals surface area (Å²) < 4.78 is 13.3. The Balaban J connectivity index is 3.09. The molecule has 0 aliphatic heterocycles. The quantitative estimate of drug-likeness (QED) is 0.772. The summed E-state index contributed by atoms with van der Waals surface area (Å²) in [5.74, 6) is -0.455. The van der Waals surface area contributed by atoms with Gasteiger partial charge >= 0.3 is 0 Å². The Hall–Kier alpha value is -1.38. The summed E-state index contributed by atoms with van der Waals surface area (Å²) >= 11 is 0. The molecule has 1 N–H and O–H groups in total. The second-order valence-electron chi connectivity index (χ2n) is 3.28. The van der Waals surface area contributed by atoms with Gasteiger partial charge < -0.3 is 5.32 Å². The van der Waals surface area contributed by atoms with Crippen molar-refractivity contribution in [3.05, 3.63) is 29.1 Å². The van der Waals surface area contributed by atoms with E-state index in [4.69, 9.17) is 0 Å². The number of nitrogens with one attached hydrogen (secondary N) is 1. The lowest BCUT2D eigenvalue weighted by Gasteiger charge is -2.08. The Bertz CT molecular complexity index is 361. The lowest BCUT2D eigenvalue weighted by molar-refractivity contribution is -0.114. The molecule has 0 saturated heterocycles. The van der Waals surface area contributed by atoms with Crippen LogP contribution < -0.4 is 5.32 Å². The van der Waals surface area contributed by atoms with Crippen LogP contribution in [-0.2, 0) is 11.2 Å². The van der Waals surface area contributed by atoms with E-state index >= 15 is 0 Å². The number of rotatable bonds is 2. The van der Waals surface area contributed by atoms with Gasteiger partial charge in [-0.25, -0.2) is 4.39 Å². The van der Waals surface area contributed by atoms with Crippen molar-refractivity contribution in [2.75, 3.05) is 5.32 Å². The van der Waals surface area contributed by atoms with Crippen molar-refractivity contribution in [3.63, 3.8) is 0 Å². The Labute approximate surface area is 83.1 Å². The summed E-state index contributed by atoms with van der Waals surface area (Å²) in [4.78, 5) is 10.8. The van der Waals surface area contributed by atoms with E-state index in [1.165, 1.54) is 13.0 Å². The number of carbonyl (C=O) groups is 1. The van der Waals surface area contributed by atoms with Gasteiger partial charge in [0.05, 0.1) is 0 Å². The van der Waals surface area contributed by atoms with Crippen molar-refractivity contribution in [2.45, 2.75) is 27.2 Å². The van der Waals surface area contributed by atoms with E-state index in [1.54, 1.807) is 13.0 Å². The van der Waals surface area contributed by atoms with Gasteiger partial charge in [-0.15, -0.1) is 0 Å². The van der Waals surface area contributed by atoms with Crippen LogP contribution in [0.25, 0.3) is 0 Å². The molecule has 1 aromatic carbocycles. The van der Waals surface area contributed by atoms with Gasteiger partial charge in [-0.1, -0.05) is 6.92 Å². The van der Waals surface area contributed by atoms with E-state index in [2.05, 4.69) is 5.32 Å². The topological polar surface area (TPSA) is 29.1 Å². The van der Waals surface area contributed by atoms with Crippen LogP contribution in [0.5, 0.6) is 0 Å². The number of hydrogen-bond acceptors (Lipinski definition) is 1. The third-order valence-electron chi connectivity index (χ3n) is 2.15. The van der Waals surface area contributed by atoms with Crippen molar-refractivity contribution in [1.29, 1.82) is 0 Å². The van der Waals surface area contributed by atoms with Crippen molar-refractivity contribution in [1.82, 2.24) is 0 Å². The van der Waals surface area contributed by atoms with Crippen LogP contribution in [0.3, 0.4) is 0 Å². The van der Waals surface area contributed by atoms with E-state index in [-0.39, 0.29) is 11.7 Å². The summed E-state index contributed by atoms with van der Waals surface area (Å²) in [6.07, 6.45) is 0.760. The monoisotopic (exact) mass is 195 g/mol. The van der Waals surface area contributed by atoms with Gasteiger partial charge in [0.1, 0.15) is 5.82 Å². The Morgan fingerprint density at radius 1 is 1.50 bits per heavy atom. The average molecular weight is 195 g/mol. The molecule has 0 aromatic heterocycles. The molecule has 76 valence electrons. The summed E-state index contributed by atoms with van der Waals surface area (Å²) in [7, 11) is 0. The van der Waals surface area contributed by atoms with Crippen LogP contribution in [0.4, 0.5) is 10.1 Å². The smallest absolute Gasteiger partial charge is 0.221 e. The molecule has 0 aliphatic rings. The molecule has 0 aliphatic carbocycles. The molecule has 0 spiro atoms. The van der Waals surface area contributed by atoms with Gasteiger partial charge in [-0.05, 0) is 36.6 Å². The summed E-state index contributed by atoms with van der Waals surface area (Å²) in [5, 5.41) is 2.57. The Kier molecular flexibility index (Phi) is 3.23. The van der Waals surface area contributed by atoms with Crippen LogP contribution in [-0.4, -0.2) is 5.91 Å². The predicted octanol–water partition coefficient (Wildman–Crippen LogP) is 2.65. The number of aryl methyl sites for hydroxylation is 1.